The lowest BCUT2D eigenvalue weighted by atomic mass is 10.0. The summed E-state index contributed by atoms with van der Waals surface area (Å²) >= 11 is 1.54. The van der Waals surface area contributed by atoms with E-state index in [4.69, 9.17) is 5.73 Å². The average Bonchev–Trinajstić information content (AvgIpc) is 3.04. The minimum absolute atomic E-state index is 0.339. The fourth-order valence-corrected chi connectivity index (χ4v) is 3.57. The van der Waals surface area contributed by atoms with Gasteiger partial charge >= 0.3 is 5.69 Å². The molecular weight excluding hydrogens is 316 g/mol. The molecule has 0 bridgehead atoms. The van der Waals surface area contributed by atoms with Crippen molar-refractivity contribution < 1.29 is 4.79 Å². The molecule has 1 aliphatic rings. The van der Waals surface area contributed by atoms with E-state index in [9.17, 15) is 14.4 Å². The molecule has 2 N–H and O–H groups in total. The van der Waals surface area contributed by atoms with E-state index < -0.39 is 23.2 Å². The second kappa shape index (κ2) is 5.62. The van der Waals surface area contributed by atoms with Gasteiger partial charge < -0.3 is 10.6 Å². The Morgan fingerprint density at radius 1 is 1.26 bits per heavy atom. The number of nitrogens with two attached hydrogens (primary N) is 1. The number of hydrogen-bond acceptors (Lipinski definition) is 5. The Bertz CT molecular complexity index is 944. The number of hydrogen-bond donors (Lipinski definition) is 1. The van der Waals surface area contributed by atoms with Crippen LogP contribution in [0, 0.1) is 0 Å². The number of aromatic nitrogens is 2. The first-order chi connectivity index (χ1) is 10.9. The smallest absolute Gasteiger partial charge is 0.330 e. The lowest BCUT2D eigenvalue weighted by Gasteiger charge is -2.26. The van der Waals surface area contributed by atoms with Gasteiger partial charge in [0.1, 0.15) is 6.04 Å². The average molecular weight is 332 g/mol. The van der Waals surface area contributed by atoms with Gasteiger partial charge in [-0.3, -0.25) is 18.7 Å². The molecule has 1 aromatic carbocycles. The maximum Gasteiger partial charge on any atom is 0.330 e. The fourth-order valence-electron chi connectivity index (χ4n) is 2.83. The first-order valence-electron chi connectivity index (χ1n) is 6.95. The van der Waals surface area contributed by atoms with Crippen LogP contribution in [-0.2, 0) is 18.9 Å². The van der Waals surface area contributed by atoms with Crippen molar-refractivity contribution in [2.45, 2.75) is 6.04 Å². The van der Waals surface area contributed by atoms with E-state index in [1.165, 1.54) is 23.4 Å². The van der Waals surface area contributed by atoms with Crippen LogP contribution in [0.25, 0.3) is 10.9 Å². The molecule has 1 aromatic heterocycles. The molecule has 2 heterocycles. The Hall–Kier alpha value is -2.48. The molecular formula is C15H16N4O3S. The highest BCUT2D eigenvalue weighted by Gasteiger charge is 2.28. The topological polar surface area (TPSA) is 90.3 Å². The molecule has 1 unspecified atom stereocenters. The Balaban J connectivity index is 2.37. The highest BCUT2D eigenvalue weighted by Crippen LogP contribution is 2.30. The van der Waals surface area contributed by atoms with Gasteiger partial charge in [-0.25, -0.2) is 4.79 Å². The number of carbonyl (C=O) groups is 1. The second-order valence-corrected chi connectivity index (χ2v) is 6.21. The van der Waals surface area contributed by atoms with E-state index in [-0.39, 0.29) is 0 Å². The molecule has 0 saturated carbocycles. The van der Waals surface area contributed by atoms with Gasteiger partial charge in [0.25, 0.3) is 5.56 Å². The quantitative estimate of drug-likeness (QED) is 0.869. The summed E-state index contributed by atoms with van der Waals surface area (Å²) in [7, 11) is 3.02. The molecule has 0 aliphatic carbocycles. The molecule has 2 aromatic rings. The van der Waals surface area contributed by atoms with Crippen molar-refractivity contribution in [3.05, 3.63) is 56.2 Å². The van der Waals surface area contributed by atoms with Crippen molar-refractivity contribution in [2.75, 3.05) is 5.88 Å². The number of carbonyl (C=O) groups excluding carboxylic acids is 1. The highest BCUT2D eigenvalue weighted by molar-refractivity contribution is 8.02. The predicted octanol–water partition coefficient (Wildman–Crippen LogP) is 0.241. The standard InChI is InChI=1S/C15H16N4O3S/c1-17-10-5-3-4-9(11(10)14(21)18(2)15(17)22)12(13(16)20)19-6-7-23-8-19/h3-7,12H,8H2,1-2H3,(H2,16,20). The van der Waals surface area contributed by atoms with E-state index in [1.807, 2.05) is 5.41 Å². The summed E-state index contributed by atoms with van der Waals surface area (Å²) in [4.78, 5) is 38.5. The first kappa shape index (κ1) is 15.4. The van der Waals surface area contributed by atoms with Crippen LogP contribution in [0.5, 0.6) is 0 Å². The lowest BCUT2D eigenvalue weighted by Crippen LogP contribution is -2.39. The third-order valence-corrected chi connectivity index (χ3v) is 4.76. The first-order valence-corrected chi connectivity index (χ1v) is 8.00. The SMILES string of the molecule is Cn1c(=O)c2c(C(C(N)=O)N3C=CSC3)cccc2n(C)c1=O. The molecule has 23 heavy (non-hydrogen) atoms. The molecule has 0 fully saturated rings. The number of rotatable bonds is 3. The van der Waals surface area contributed by atoms with Crippen LogP contribution in [-0.4, -0.2) is 25.8 Å². The number of primary amides is 1. The molecule has 0 radical (unpaired) electrons. The normalized spacial score (nSPS) is 15.3. The predicted molar refractivity (Wildman–Crippen MR) is 89.8 cm³/mol. The van der Waals surface area contributed by atoms with Crippen LogP contribution in [0.3, 0.4) is 0 Å². The fraction of sp³-hybridized carbons (Fsp3) is 0.267. The summed E-state index contributed by atoms with van der Waals surface area (Å²) < 4.78 is 2.44. The molecule has 0 saturated heterocycles. The van der Waals surface area contributed by atoms with Crippen LogP contribution in [0.1, 0.15) is 11.6 Å². The van der Waals surface area contributed by atoms with E-state index in [0.717, 1.165) is 4.57 Å². The zero-order chi connectivity index (χ0) is 16.7. The molecule has 1 aliphatic heterocycles. The number of amides is 1. The number of thioether (sulfide) groups is 1. The molecule has 120 valence electrons. The minimum Gasteiger partial charge on any atom is -0.368 e. The summed E-state index contributed by atoms with van der Waals surface area (Å²) in [5.41, 5.74) is 5.75. The van der Waals surface area contributed by atoms with Gasteiger partial charge in [-0.15, -0.1) is 11.8 Å². The summed E-state index contributed by atoms with van der Waals surface area (Å²) in [5.74, 6) is 0.0383. The molecule has 1 amide bonds. The van der Waals surface area contributed by atoms with Crippen molar-refractivity contribution in [3.63, 3.8) is 0 Å². The number of fused-ring (bicyclic) bond motifs is 1. The van der Waals surface area contributed by atoms with Crippen molar-refractivity contribution in [1.29, 1.82) is 0 Å². The molecule has 0 spiro atoms. The number of nitrogens with zero attached hydrogens (tertiary/aromatic N) is 3. The third kappa shape index (κ3) is 2.35. The largest absolute Gasteiger partial charge is 0.368 e. The van der Waals surface area contributed by atoms with Crippen LogP contribution in [0.15, 0.2) is 39.4 Å². The van der Waals surface area contributed by atoms with Crippen molar-refractivity contribution in [1.82, 2.24) is 14.0 Å². The van der Waals surface area contributed by atoms with Crippen molar-refractivity contribution in [2.24, 2.45) is 19.8 Å². The van der Waals surface area contributed by atoms with Crippen molar-refractivity contribution in [3.8, 4) is 0 Å². The van der Waals surface area contributed by atoms with Gasteiger partial charge in [-0.2, -0.15) is 0 Å². The summed E-state index contributed by atoms with van der Waals surface area (Å²) in [5, 5.41) is 2.21. The Morgan fingerprint density at radius 2 is 2.00 bits per heavy atom. The molecule has 3 rings (SSSR count). The zero-order valence-electron chi connectivity index (χ0n) is 12.7. The van der Waals surface area contributed by atoms with Gasteiger partial charge in [-0.1, -0.05) is 12.1 Å². The minimum atomic E-state index is -0.754. The van der Waals surface area contributed by atoms with Crippen LogP contribution < -0.4 is 17.0 Å². The monoisotopic (exact) mass is 332 g/mol. The Labute approximate surface area is 136 Å². The maximum atomic E-state index is 12.6. The molecule has 1 atom stereocenters. The van der Waals surface area contributed by atoms with Crippen LogP contribution in [0.4, 0.5) is 0 Å². The van der Waals surface area contributed by atoms with E-state index >= 15 is 0 Å². The van der Waals surface area contributed by atoms with Gasteiger partial charge in [0.2, 0.25) is 5.91 Å². The van der Waals surface area contributed by atoms with Gasteiger partial charge in [0.05, 0.1) is 16.8 Å². The summed E-state index contributed by atoms with van der Waals surface area (Å²) in [6, 6.07) is 4.36. The molecule has 8 heteroatoms. The summed E-state index contributed by atoms with van der Waals surface area (Å²) in [6.07, 6.45) is 1.78. The maximum absolute atomic E-state index is 12.6. The Kier molecular flexibility index (Phi) is 3.77. The van der Waals surface area contributed by atoms with E-state index in [0.29, 0.717) is 22.3 Å². The van der Waals surface area contributed by atoms with Gasteiger partial charge in [0, 0.05) is 20.3 Å². The van der Waals surface area contributed by atoms with E-state index in [1.54, 1.807) is 36.3 Å². The van der Waals surface area contributed by atoms with Gasteiger partial charge in [0.15, 0.2) is 0 Å². The van der Waals surface area contributed by atoms with Crippen LogP contribution in [0.2, 0.25) is 0 Å². The van der Waals surface area contributed by atoms with Crippen LogP contribution >= 0.6 is 11.8 Å². The zero-order valence-corrected chi connectivity index (χ0v) is 13.5. The lowest BCUT2D eigenvalue weighted by molar-refractivity contribution is -0.122. The Morgan fingerprint density at radius 3 is 2.61 bits per heavy atom. The molecule has 7 nitrogen and oxygen atoms in total. The van der Waals surface area contributed by atoms with E-state index in [2.05, 4.69) is 0 Å². The third-order valence-electron chi connectivity index (χ3n) is 4.00. The number of aryl methyl sites for hydroxylation is 1. The second-order valence-electron chi connectivity index (χ2n) is 5.35. The van der Waals surface area contributed by atoms with Gasteiger partial charge in [-0.05, 0) is 17.0 Å². The number of benzene rings is 1. The highest BCUT2D eigenvalue weighted by atomic mass is 32.2. The summed E-state index contributed by atoms with van der Waals surface area (Å²) in [6.45, 7) is 0. The van der Waals surface area contributed by atoms with Crippen molar-refractivity contribution >= 4 is 28.6 Å².